The van der Waals surface area contributed by atoms with Crippen molar-refractivity contribution in [2.24, 2.45) is 0 Å². The maximum absolute atomic E-state index is 12.2. The monoisotopic (exact) mass is 438 g/mol. The summed E-state index contributed by atoms with van der Waals surface area (Å²) in [6.07, 6.45) is 2.39. The van der Waals surface area contributed by atoms with E-state index < -0.39 is 0 Å². The van der Waals surface area contributed by atoms with Crippen molar-refractivity contribution in [3.63, 3.8) is 0 Å². The first-order valence-electron chi connectivity index (χ1n) is 9.18. The zero-order valence-electron chi connectivity index (χ0n) is 15.4. The number of benzene rings is 1. The van der Waals surface area contributed by atoms with Crippen LogP contribution >= 0.6 is 34.5 Å². The smallest absolute Gasteiger partial charge is 0.275 e. The van der Waals surface area contributed by atoms with Gasteiger partial charge in [0.05, 0.1) is 0 Å². The standard InChI is InChI=1S/C19H20Cl2N4O2S/c1-2-13-10-16(26)25-18(23-13)28-17(24-25)22-11-19(5-7-27-8-6-19)14-4-3-12(20)9-15(14)21/h3-4,9-10H,2,5-8,11H2,1H3,(H,22,24). The summed E-state index contributed by atoms with van der Waals surface area (Å²) in [5, 5.41) is 9.74. The molecule has 0 bridgehead atoms. The number of ether oxygens (including phenoxy) is 1. The Morgan fingerprint density at radius 3 is 2.79 bits per heavy atom. The molecule has 0 radical (unpaired) electrons. The molecule has 0 spiro atoms. The molecule has 1 aliphatic rings. The Hall–Kier alpha value is -1.67. The van der Waals surface area contributed by atoms with Crippen molar-refractivity contribution < 1.29 is 4.74 Å². The molecule has 1 aliphatic heterocycles. The molecule has 0 aliphatic carbocycles. The summed E-state index contributed by atoms with van der Waals surface area (Å²) in [6, 6.07) is 7.18. The molecule has 148 valence electrons. The average molecular weight is 439 g/mol. The number of rotatable bonds is 5. The van der Waals surface area contributed by atoms with Gasteiger partial charge in [-0.2, -0.15) is 4.52 Å². The first-order chi connectivity index (χ1) is 13.5. The second-order valence-electron chi connectivity index (χ2n) is 6.91. The van der Waals surface area contributed by atoms with Crippen molar-refractivity contribution in [1.29, 1.82) is 0 Å². The highest BCUT2D eigenvalue weighted by Crippen LogP contribution is 2.40. The van der Waals surface area contributed by atoms with Crippen molar-refractivity contribution >= 4 is 44.6 Å². The van der Waals surface area contributed by atoms with Gasteiger partial charge in [0, 0.05) is 47.0 Å². The average Bonchev–Trinajstić information content (AvgIpc) is 3.11. The van der Waals surface area contributed by atoms with Crippen molar-refractivity contribution in [2.75, 3.05) is 25.1 Å². The molecule has 28 heavy (non-hydrogen) atoms. The predicted molar refractivity (Wildman–Crippen MR) is 113 cm³/mol. The summed E-state index contributed by atoms with van der Waals surface area (Å²) in [5.41, 5.74) is 1.48. The zero-order chi connectivity index (χ0) is 19.7. The van der Waals surface area contributed by atoms with E-state index >= 15 is 0 Å². The van der Waals surface area contributed by atoms with E-state index in [1.165, 1.54) is 21.9 Å². The number of nitrogens with one attached hydrogen (secondary N) is 1. The third-order valence-electron chi connectivity index (χ3n) is 5.19. The van der Waals surface area contributed by atoms with Gasteiger partial charge in [-0.05, 0) is 37.0 Å². The number of hydrogen-bond donors (Lipinski definition) is 1. The molecular weight excluding hydrogens is 419 g/mol. The van der Waals surface area contributed by atoms with E-state index in [0.717, 1.165) is 24.1 Å². The Kier molecular flexibility index (Phi) is 5.60. The van der Waals surface area contributed by atoms with Crippen molar-refractivity contribution in [3.05, 3.63) is 55.9 Å². The van der Waals surface area contributed by atoms with Gasteiger partial charge in [0.1, 0.15) is 0 Å². The largest absolute Gasteiger partial charge is 0.381 e. The summed E-state index contributed by atoms with van der Waals surface area (Å²) >= 11 is 14.0. The highest BCUT2D eigenvalue weighted by Gasteiger charge is 2.36. The number of aryl methyl sites for hydroxylation is 1. The van der Waals surface area contributed by atoms with Gasteiger partial charge in [0.15, 0.2) is 0 Å². The Balaban J connectivity index is 1.64. The number of anilines is 1. The van der Waals surface area contributed by atoms with Crippen molar-refractivity contribution in [2.45, 2.75) is 31.6 Å². The molecule has 0 amide bonds. The molecule has 9 heteroatoms. The Morgan fingerprint density at radius 2 is 2.07 bits per heavy atom. The molecule has 0 atom stereocenters. The van der Waals surface area contributed by atoms with Crippen LogP contribution in [0.5, 0.6) is 0 Å². The molecule has 0 unspecified atom stereocenters. The van der Waals surface area contributed by atoms with E-state index in [1.54, 1.807) is 6.07 Å². The fourth-order valence-electron chi connectivity index (χ4n) is 3.58. The molecule has 3 heterocycles. The molecule has 1 fully saturated rings. The lowest BCUT2D eigenvalue weighted by Crippen LogP contribution is -2.40. The van der Waals surface area contributed by atoms with E-state index in [1.807, 2.05) is 19.1 Å². The molecule has 1 N–H and O–H groups in total. The molecule has 2 aromatic heterocycles. The molecule has 6 nitrogen and oxygen atoms in total. The van der Waals surface area contributed by atoms with Crippen LogP contribution in [0.1, 0.15) is 31.0 Å². The van der Waals surface area contributed by atoms with Gasteiger partial charge in [-0.3, -0.25) is 4.79 Å². The van der Waals surface area contributed by atoms with Crippen molar-refractivity contribution in [1.82, 2.24) is 14.6 Å². The summed E-state index contributed by atoms with van der Waals surface area (Å²) in [4.78, 5) is 17.3. The Morgan fingerprint density at radius 1 is 1.29 bits per heavy atom. The van der Waals surface area contributed by atoms with Crippen LogP contribution in [-0.4, -0.2) is 34.4 Å². The van der Waals surface area contributed by atoms with Crippen LogP contribution in [0, 0.1) is 0 Å². The van der Waals surface area contributed by atoms with Gasteiger partial charge in [0.2, 0.25) is 10.1 Å². The van der Waals surface area contributed by atoms with E-state index in [-0.39, 0.29) is 11.0 Å². The topological polar surface area (TPSA) is 68.5 Å². The lowest BCUT2D eigenvalue weighted by atomic mass is 9.74. The normalized spacial score (nSPS) is 16.4. The summed E-state index contributed by atoms with van der Waals surface area (Å²) < 4.78 is 6.93. The fraction of sp³-hybridized carbons (Fsp3) is 0.421. The first kappa shape index (κ1) is 19.6. The maximum Gasteiger partial charge on any atom is 0.275 e. The molecule has 1 saturated heterocycles. The van der Waals surface area contributed by atoms with Gasteiger partial charge in [-0.1, -0.05) is 47.5 Å². The van der Waals surface area contributed by atoms with Gasteiger partial charge in [-0.15, -0.1) is 5.10 Å². The number of aromatic nitrogens is 3. The fourth-order valence-corrected chi connectivity index (χ4v) is 5.01. The molecule has 1 aromatic carbocycles. The first-order valence-corrected chi connectivity index (χ1v) is 10.7. The highest BCUT2D eigenvalue weighted by molar-refractivity contribution is 7.20. The maximum atomic E-state index is 12.2. The third-order valence-corrected chi connectivity index (χ3v) is 6.60. The van der Waals surface area contributed by atoms with E-state index in [2.05, 4.69) is 15.4 Å². The number of hydrogen-bond acceptors (Lipinski definition) is 6. The minimum Gasteiger partial charge on any atom is -0.381 e. The van der Waals surface area contributed by atoms with Crippen LogP contribution in [-0.2, 0) is 16.6 Å². The molecule has 4 rings (SSSR count). The van der Waals surface area contributed by atoms with Gasteiger partial charge >= 0.3 is 0 Å². The number of nitrogens with zero attached hydrogens (tertiary/aromatic N) is 3. The molecule has 0 saturated carbocycles. The van der Waals surface area contributed by atoms with E-state index in [0.29, 0.717) is 46.3 Å². The van der Waals surface area contributed by atoms with Gasteiger partial charge < -0.3 is 10.1 Å². The lowest BCUT2D eigenvalue weighted by molar-refractivity contribution is 0.0544. The second-order valence-corrected chi connectivity index (χ2v) is 8.71. The molecule has 3 aromatic rings. The minimum atomic E-state index is -0.190. The number of halogens is 2. The number of fused-ring (bicyclic) bond motifs is 1. The van der Waals surface area contributed by atoms with E-state index in [4.69, 9.17) is 27.9 Å². The molecular formula is C19H20Cl2N4O2S. The Bertz CT molecular complexity index is 1060. The summed E-state index contributed by atoms with van der Waals surface area (Å²) in [6.45, 7) is 3.94. The predicted octanol–water partition coefficient (Wildman–Crippen LogP) is 4.18. The Labute approximate surface area is 176 Å². The van der Waals surface area contributed by atoms with Gasteiger partial charge in [0.25, 0.3) is 5.56 Å². The SMILES string of the molecule is CCc1cc(=O)n2nc(NCC3(c4ccc(Cl)cc4Cl)CCOCC3)sc2n1. The van der Waals surface area contributed by atoms with E-state index in [9.17, 15) is 4.79 Å². The van der Waals surface area contributed by atoms with Crippen LogP contribution < -0.4 is 10.9 Å². The van der Waals surface area contributed by atoms with Gasteiger partial charge in [-0.25, -0.2) is 4.98 Å². The van der Waals surface area contributed by atoms with Crippen LogP contribution in [0.4, 0.5) is 5.13 Å². The van der Waals surface area contributed by atoms with Crippen LogP contribution in [0.3, 0.4) is 0 Å². The third kappa shape index (κ3) is 3.76. The second kappa shape index (κ2) is 7.99. The summed E-state index contributed by atoms with van der Waals surface area (Å²) in [5.74, 6) is 0. The van der Waals surface area contributed by atoms with Crippen molar-refractivity contribution in [3.8, 4) is 0 Å². The zero-order valence-corrected chi connectivity index (χ0v) is 17.7. The minimum absolute atomic E-state index is 0.160. The lowest BCUT2D eigenvalue weighted by Gasteiger charge is -2.38. The summed E-state index contributed by atoms with van der Waals surface area (Å²) in [7, 11) is 0. The van der Waals surface area contributed by atoms with Crippen LogP contribution in [0.15, 0.2) is 29.1 Å². The quantitative estimate of drug-likeness (QED) is 0.646. The van der Waals surface area contributed by atoms with Crippen LogP contribution in [0.2, 0.25) is 10.0 Å². The van der Waals surface area contributed by atoms with Crippen LogP contribution in [0.25, 0.3) is 4.96 Å². The highest BCUT2D eigenvalue weighted by atomic mass is 35.5.